The van der Waals surface area contributed by atoms with Crippen molar-refractivity contribution < 1.29 is 14.0 Å². The van der Waals surface area contributed by atoms with Crippen molar-refractivity contribution >= 4 is 55.0 Å². The molecule has 0 radical (unpaired) electrons. The average molecular weight is 456 g/mol. The van der Waals surface area contributed by atoms with E-state index in [2.05, 4.69) is 37.2 Å². The molecule has 0 saturated carbocycles. The summed E-state index contributed by atoms with van der Waals surface area (Å²) in [7, 11) is 0. The topological polar surface area (TPSA) is 49.4 Å². The maximum absolute atomic E-state index is 13.9. The first-order valence-electron chi connectivity index (χ1n) is 7.26. The predicted molar refractivity (Wildman–Crippen MR) is 97.3 cm³/mol. The lowest BCUT2D eigenvalue weighted by atomic mass is 10.1. The maximum atomic E-state index is 13.9. The van der Waals surface area contributed by atoms with Gasteiger partial charge in [0, 0.05) is 21.9 Å². The quantitative estimate of drug-likeness (QED) is 0.748. The van der Waals surface area contributed by atoms with Gasteiger partial charge in [0.1, 0.15) is 5.82 Å². The van der Waals surface area contributed by atoms with Crippen LogP contribution in [0.15, 0.2) is 51.4 Å². The van der Waals surface area contributed by atoms with Gasteiger partial charge in [-0.15, -0.1) is 0 Å². The van der Waals surface area contributed by atoms with Crippen LogP contribution in [0.1, 0.15) is 6.42 Å². The van der Waals surface area contributed by atoms with Gasteiger partial charge in [0.15, 0.2) is 0 Å². The van der Waals surface area contributed by atoms with Crippen LogP contribution >= 0.6 is 31.9 Å². The molecular weight excluding hydrogens is 443 g/mol. The molecule has 0 aliphatic carbocycles. The van der Waals surface area contributed by atoms with Crippen molar-refractivity contribution in [3.63, 3.8) is 0 Å². The number of amides is 2. The van der Waals surface area contributed by atoms with Crippen LogP contribution in [-0.4, -0.2) is 18.4 Å². The van der Waals surface area contributed by atoms with Crippen LogP contribution in [0.4, 0.5) is 15.8 Å². The van der Waals surface area contributed by atoms with Gasteiger partial charge in [-0.25, -0.2) is 4.39 Å². The Morgan fingerprint density at radius 1 is 1.21 bits per heavy atom. The highest BCUT2D eigenvalue weighted by Gasteiger charge is 2.36. The minimum Gasteiger partial charge on any atom is -0.325 e. The van der Waals surface area contributed by atoms with E-state index >= 15 is 0 Å². The van der Waals surface area contributed by atoms with E-state index in [-0.39, 0.29) is 30.5 Å². The third kappa shape index (κ3) is 3.52. The van der Waals surface area contributed by atoms with Gasteiger partial charge >= 0.3 is 0 Å². The smallest absolute Gasteiger partial charge is 0.229 e. The Kier molecular flexibility index (Phi) is 5.01. The van der Waals surface area contributed by atoms with Gasteiger partial charge < -0.3 is 10.2 Å². The average Bonchev–Trinajstić information content (AvgIpc) is 2.92. The molecule has 1 heterocycles. The zero-order valence-electron chi connectivity index (χ0n) is 12.4. The molecular formula is C17H13Br2FN2O2. The molecule has 1 aliphatic rings. The van der Waals surface area contributed by atoms with Crippen molar-refractivity contribution in [3.8, 4) is 0 Å². The highest BCUT2D eigenvalue weighted by atomic mass is 79.9. The number of hydrogen-bond acceptors (Lipinski definition) is 2. The number of nitrogens with zero attached hydrogens (tertiary/aromatic N) is 1. The molecule has 1 atom stereocenters. The second-order valence-corrected chi connectivity index (χ2v) is 7.24. The molecule has 0 aromatic heterocycles. The SMILES string of the molecule is O=C(Nc1ccc(Br)cc1Br)[C@H]1CC(=O)N(c2ccccc2F)C1. The van der Waals surface area contributed by atoms with Crippen molar-refractivity contribution in [2.45, 2.75) is 6.42 Å². The second-order valence-electron chi connectivity index (χ2n) is 5.47. The molecule has 1 aliphatic heterocycles. The molecule has 1 saturated heterocycles. The first-order chi connectivity index (χ1) is 11.5. The van der Waals surface area contributed by atoms with E-state index < -0.39 is 11.7 Å². The Labute approximate surface area is 155 Å². The minimum atomic E-state index is -0.521. The number of para-hydroxylation sites is 1. The fourth-order valence-corrected chi connectivity index (χ4v) is 3.76. The standard InChI is InChI=1S/C17H13Br2FN2O2/c18-11-5-6-14(12(19)8-11)21-17(24)10-7-16(23)22(9-10)15-4-2-1-3-13(15)20/h1-6,8,10H,7,9H2,(H,21,24)/t10-/m0/s1. The minimum absolute atomic E-state index is 0.0638. The molecule has 0 unspecified atom stereocenters. The fourth-order valence-electron chi connectivity index (χ4n) is 2.61. The molecule has 1 fully saturated rings. The summed E-state index contributed by atoms with van der Waals surface area (Å²) in [6.07, 6.45) is 0.0638. The summed E-state index contributed by atoms with van der Waals surface area (Å²) in [5.41, 5.74) is 0.836. The van der Waals surface area contributed by atoms with Crippen molar-refractivity contribution in [3.05, 3.63) is 57.2 Å². The molecule has 7 heteroatoms. The number of nitrogens with one attached hydrogen (secondary N) is 1. The maximum Gasteiger partial charge on any atom is 0.229 e. The van der Waals surface area contributed by atoms with Gasteiger partial charge in [0.25, 0.3) is 0 Å². The summed E-state index contributed by atoms with van der Waals surface area (Å²) in [6, 6.07) is 11.5. The zero-order chi connectivity index (χ0) is 17.3. The van der Waals surface area contributed by atoms with Crippen molar-refractivity contribution in [2.75, 3.05) is 16.8 Å². The van der Waals surface area contributed by atoms with E-state index in [4.69, 9.17) is 0 Å². The van der Waals surface area contributed by atoms with Gasteiger partial charge in [0.05, 0.1) is 17.3 Å². The molecule has 2 aromatic carbocycles. The summed E-state index contributed by atoms with van der Waals surface area (Å²) in [4.78, 5) is 25.9. The van der Waals surface area contributed by atoms with Crippen LogP contribution < -0.4 is 10.2 Å². The van der Waals surface area contributed by atoms with Gasteiger partial charge in [-0.3, -0.25) is 9.59 Å². The number of halogens is 3. The van der Waals surface area contributed by atoms with Crippen LogP contribution in [0, 0.1) is 11.7 Å². The number of anilines is 2. The monoisotopic (exact) mass is 454 g/mol. The third-order valence-electron chi connectivity index (χ3n) is 3.83. The zero-order valence-corrected chi connectivity index (χ0v) is 15.6. The Balaban J connectivity index is 1.73. The van der Waals surface area contributed by atoms with Crippen molar-refractivity contribution in [2.24, 2.45) is 5.92 Å². The molecule has 0 spiro atoms. The summed E-state index contributed by atoms with van der Waals surface area (Å²) >= 11 is 6.73. The van der Waals surface area contributed by atoms with Crippen LogP contribution in [-0.2, 0) is 9.59 Å². The highest BCUT2D eigenvalue weighted by molar-refractivity contribution is 9.11. The van der Waals surface area contributed by atoms with Crippen molar-refractivity contribution in [1.29, 1.82) is 0 Å². The molecule has 0 bridgehead atoms. The number of carbonyl (C=O) groups excluding carboxylic acids is 2. The second kappa shape index (κ2) is 7.03. The van der Waals surface area contributed by atoms with E-state index in [1.165, 1.54) is 11.0 Å². The number of carbonyl (C=O) groups is 2. The summed E-state index contributed by atoms with van der Waals surface area (Å²) in [5, 5.41) is 2.81. The first kappa shape index (κ1) is 17.1. The summed E-state index contributed by atoms with van der Waals surface area (Å²) < 4.78 is 15.5. The van der Waals surface area contributed by atoms with Gasteiger partial charge in [-0.05, 0) is 46.3 Å². The molecule has 4 nitrogen and oxygen atoms in total. The number of benzene rings is 2. The van der Waals surface area contributed by atoms with E-state index in [0.29, 0.717) is 5.69 Å². The van der Waals surface area contributed by atoms with Gasteiger partial charge in [-0.1, -0.05) is 28.1 Å². The van der Waals surface area contributed by atoms with Crippen LogP contribution in [0.3, 0.4) is 0 Å². The lowest BCUT2D eigenvalue weighted by Crippen LogP contribution is -2.28. The Morgan fingerprint density at radius 3 is 2.67 bits per heavy atom. The normalized spacial score (nSPS) is 17.2. The van der Waals surface area contributed by atoms with Crippen molar-refractivity contribution in [1.82, 2.24) is 0 Å². The Hall–Kier alpha value is -1.73. The third-order valence-corrected chi connectivity index (χ3v) is 4.98. The van der Waals surface area contributed by atoms with Crippen LogP contribution in [0.5, 0.6) is 0 Å². The van der Waals surface area contributed by atoms with E-state index in [1.54, 1.807) is 24.3 Å². The van der Waals surface area contributed by atoms with Gasteiger partial charge in [0.2, 0.25) is 11.8 Å². The summed E-state index contributed by atoms with van der Waals surface area (Å²) in [5.74, 6) is -1.50. The predicted octanol–water partition coefficient (Wildman–Crippen LogP) is 4.34. The van der Waals surface area contributed by atoms with Gasteiger partial charge in [-0.2, -0.15) is 0 Å². The lowest BCUT2D eigenvalue weighted by Gasteiger charge is -2.17. The van der Waals surface area contributed by atoms with Crippen LogP contribution in [0.2, 0.25) is 0 Å². The highest BCUT2D eigenvalue weighted by Crippen LogP contribution is 2.30. The molecule has 24 heavy (non-hydrogen) atoms. The molecule has 2 amide bonds. The molecule has 124 valence electrons. The van der Waals surface area contributed by atoms with Crippen LogP contribution in [0.25, 0.3) is 0 Å². The van der Waals surface area contributed by atoms with E-state index in [1.807, 2.05) is 12.1 Å². The molecule has 1 N–H and O–H groups in total. The number of rotatable bonds is 3. The molecule has 3 rings (SSSR count). The fraction of sp³-hybridized carbons (Fsp3) is 0.176. The van der Waals surface area contributed by atoms with E-state index in [0.717, 1.165) is 8.95 Å². The molecule has 2 aromatic rings. The Morgan fingerprint density at radius 2 is 1.96 bits per heavy atom. The lowest BCUT2D eigenvalue weighted by molar-refractivity contribution is -0.122. The largest absolute Gasteiger partial charge is 0.325 e. The number of hydrogen-bond donors (Lipinski definition) is 1. The van der Waals surface area contributed by atoms with E-state index in [9.17, 15) is 14.0 Å². The summed E-state index contributed by atoms with van der Waals surface area (Å²) in [6.45, 7) is 0.166. The Bertz CT molecular complexity index is 813. The first-order valence-corrected chi connectivity index (χ1v) is 8.85.